The first-order chi connectivity index (χ1) is 8.69. The first kappa shape index (κ1) is 13.5. The van der Waals surface area contributed by atoms with E-state index in [4.69, 9.17) is 4.42 Å². The number of thioether (sulfide) groups is 1. The van der Waals surface area contributed by atoms with Crippen LogP contribution in [-0.4, -0.2) is 17.3 Å². The zero-order valence-corrected chi connectivity index (χ0v) is 11.8. The highest BCUT2D eigenvalue weighted by Gasteiger charge is 2.36. The van der Waals surface area contributed by atoms with Gasteiger partial charge in [-0.05, 0) is 45.2 Å². The average molecular weight is 264 g/mol. The molecule has 1 aromatic heterocycles. The summed E-state index contributed by atoms with van der Waals surface area (Å²) in [5, 5.41) is 13.3. The number of hydrogen-bond acceptors (Lipinski definition) is 4. The van der Waals surface area contributed by atoms with E-state index < -0.39 is 0 Å². The summed E-state index contributed by atoms with van der Waals surface area (Å²) in [7, 11) is 0. The Bertz CT molecular complexity index is 433. The number of furan rings is 1. The summed E-state index contributed by atoms with van der Waals surface area (Å²) in [5.74, 6) is 0.983. The Hall–Kier alpha value is -0.920. The third-order valence-electron chi connectivity index (χ3n) is 3.54. The van der Waals surface area contributed by atoms with Crippen molar-refractivity contribution in [3.05, 3.63) is 18.1 Å². The van der Waals surface area contributed by atoms with Gasteiger partial charge >= 0.3 is 0 Å². The van der Waals surface area contributed by atoms with Crippen LogP contribution in [0, 0.1) is 18.3 Å². The van der Waals surface area contributed by atoms with Crippen LogP contribution in [0.2, 0.25) is 0 Å². The van der Waals surface area contributed by atoms with Crippen molar-refractivity contribution in [3.8, 4) is 6.07 Å². The zero-order valence-electron chi connectivity index (χ0n) is 11.0. The zero-order chi connectivity index (χ0) is 13.0. The van der Waals surface area contributed by atoms with E-state index in [-0.39, 0.29) is 5.54 Å². The molecule has 1 aliphatic carbocycles. The lowest BCUT2D eigenvalue weighted by Crippen LogP contribution is -2.48. The lowest BCUT2D eigenvalue weighted by Gasteiger charge is -2.35. The lowest BCUT2D eigenvalue weighted by molar-refractivity contribution is 0.309. The molecule has 3 nitrogen and oxygen atoms in total. The molecule has 18 heavy (non-hydrogen) atoms. The van der Waals surface area contributed by atoms with Crippen LogP contribution in [0.5, 0.6) is 0 Å². The van der Waals surface area contributed by atoms with Crippen LogP contribution in [0.25, 0.3) is 0 Å². The summed E-state index contributed by atoms with van der Waals surface area (Å²) in [6.45, 7) is 4.92. The molecule has 0 radical (unpaired) electrons. The van der Waals surface area contributed by atoms with Crippen LogP contribution < -0.4 is 5.32 Å². The molecule has 1 saturated carbocycles. The molecule has 0 spiro atoms. The minimum atomic E-state index is -0.317. The maximum absolute atomic E-state index is 9.43. The maximum Gasteiger partial charge on any atom is 0.114 e. The van der Waals surface area contributed by atoms with Gasteiger partial charge in [0.25, 0.3) is 0 Å². The number of rotatable bonds is 4. The Morgan fingerprint density at radius 1 is 1.67 bits per heavy atom. The summed E-state index contributed by atoms with van der Waals surface area (Å²) in [6.07, 6.45) is 5.94. The van der Waals surface area contributed by atoms with E-state index in [1.54, 1.807) is 6.26 Å². The van der Waals surface area contributed by atoms with Gasteiger partial charge in [-0.1, -0.05) is 6.92 Å². The van der Waals surface area contributed by atoms with Crippen molar-refractivity contribution in [1.82, 2.24) is 5.32 Å². The highest BCUT2D eigenvalue weighted by atomic mass is 32.2. The molecule has 2 unspecified atom stereocenters. The summed E-state index contributed by atoms with van der Waals surface area (Å²) in [6, 6.07) is 4.52. The fraction of sp³-hybridized carbons (Fsp3) is 0.643. The summed E-state index contributed by atoms with van der Waals surface area (Å²) >= 11 is 1.86. The Morgan fingerprint density at radius 3 is 3.11 bits per heavy atom. The predicted molar refractivity (Wildman–Crippen MR) is 73.6 cm³/mol. The molecule has 2 rings (SSSR count). The van der Waals surface area contributed by atoms with Crippen LogP contribution in [0.1, 0.15) is 38.4 Å². The summed E-state index contributed by atoms with van der Waals surface area (Å²) in [4.78, 5) is 1.21. The van der Waals surface area contributed by atoms with Gasteiger partial charge in [-0.3, -0.25) is 5.32 Å². The first-order valence-corrected chi connectivity index (χ1v) is 7.44. The van der Waals surface area contributed by atoms with Crippen LogP contribution >= 0.6 is 11.8 Å². The van der Waals surface area contributed by atoms with Crippen LogP contribution in [-0.2, 0) is 0 Å². The van der Waals surface area contributed by atoms with Crippen molar-refractivity contribution >= 4 is 11.8 Å². The molecule has 0 bridgehead atoms. The second kappa shape index (κ2) is 5.81. The highest BCUT2D eigenvalue weighted by Crippen LogP contribution is 2.39. The van der Waals surface area contributed by atoms with Gasteiger partial charge in [0.05, 0.1) is 12.3 Å². The summed E-state index contributed by atoms with van der Waals surface area (Å²) < 4.78 is 5.33. The standard InChI is InChI=1S/C14H20N2OS/c1-3-16-14(10-15)7-4-5-12(9-14)18-13-6-8-17-11(13)2/h6,8,12,16H,3-5,7,9H2,1-2H3. The van der Waals surface area contributed by atoms with Gasteiger partial charge in [-0.25, -0.2) is 0 Å². The van der Waals surface area contributed by atoms with Gasteiger partial charge in [-0.15, -0.1) is 11.8 Å². The minimum Gasteiger partial charge on any atom is -0.468 e. The monoisotopic (exact) mass is 264 g/mol. The second-order valence-electron chi connectivity index (χ2n) is 4.90. The van der Waals surface area contributed by atoms with E-state index in [1.165, 1.54) is 11.3 Å². The molecular weight excluding hydrogens is 244 g/mol. The quantitative estimate of drug-likeness (QED) is 0.904. The topological polar surface area (TPSA) is 49.0 Å². The molecule has 1 fully saturated rings. The van der Waals surface area contributed by atoms with E-state index >= 15 is 0 Å². The molecule has 0 amide bonds. The van der Waals surface area contributed by atoms with Crippen molar-refractivity contribution < 1.29 is 4.42 Å². The third-order valence-corrected chi connectivity index (χ3v) is 4.95. The van der Waals surface area contributed by atoms with Gasteiger partial charge in [0.1, 0.15) is 11.3 Å². The van der Waals surface area contributed by atoms with Gasteiger partial charge < -0.3 is 4.42 Å². The molecule has 0 aromatic carbocycles. The van der Waals surface area contributed by atoms with Gasteiger partial charge in [0, 0.05) is 10.1 Å². The number of nitriles is 1. The predicted octanol–water partition coefficient (Wildman–Crippen LogP) is 3.49. The fourth-order valence-corrected chi connectivity index (χ4v) is 4.00. The maximum atomic E-state index is 9.43. The van der Waals surface area contributed by atoms with E-state index in [1.807, 2.05) is 24.8 Å². The number of nitrogens with one attached hydrogen (secondary N) is 1. The normalized spacial score (nSPS) is 27.9. The molecule has 4 heteroatoms. The molecule has 1 aliphatic rings. The van der Waals surface area contributed by atoms with E-state index in [9.17, 15) is 5.26 Å². The smallest absolute Gasteiger partial charge is 0.114 e. The van der Waals surface area contributed by atoms with E-state index in [0.29, 0.717) is 5.25 Å². The number of nitrogens with zero attached hydrogens (tertiary/aromatic N) is 1. The number of aryl methyl sites for hydroxylation is 1. The van der Waals surface area contributed by atoms with Crippen LogP contribution in [0.15, 0.2) is 21.6 Å². The lowest BCUT2D eigenvalue weighted by atomic mass is 9.82. The minimum absolute atomic E-state index is 0.317. The summed E-state index contributed by atoms with van der Waals surface area (Å²) in [5.41, 5.74) is -0.317. The van der Waals surface area contributed by atoms with Gasteiger partial charge in [0.2, 0.25) is 0 Å². The van der Waals surface area contributed by atoms with Crippen molar-refractivity contribution in [2.75, 3.05) is 6.54 Å². The molecule has 1 N–H and O–H groups in total. The first-order valence-electron chi connectivity index (χ1n) is 6.56. The van der Waals surface area contributed by atoms with Gasteiger partial charge in [-0.2, -0.15) is 5.26 Å². The van der Waals surface area contributed by atoms with E-state index in [2.05, 4.69) is 18.3 Å². The number of hydrogen-bond donors (Lipinski definition) is 1. The average Bonchev–Trinajstić information content (AvgIpc) is 2.76. The molecule has 98 valence electrons. The molecule has 2 atom stereocenters. The Kier molecular flexibility index (Phi) is 4.36. The Morgan fingerprint density at radius 2 is 2.50 bits per heavy atom. The van der Waals surface area contributed by atoms with Crippen LogP contribution in [0.4, 0.5) is 0 Å². The third kappa shape index (κ3) is 2.90. The van der Waals surface area contributed by atoms with Crippen LogP contribution in [0.3, 0.4) is 0 Å². The molecular formula is C14H20N2OS. The Labute approximate surface area is 113 Å². The SMILES string of the molecule is CCNC1(C#N)CCCC(Sc2ccoc2C)C1. The van der Waals surface area contributed by atoms with Crippen molar-refractivity contribution in [3.63, 3.8) is 0 Å². The van der Waals surface area contributed by atoms with Crippen molar-refractivity contribution in [2.24, 2.45) is 0 Å². The second-order valence-corrected chi connectivity index (χ2v) is 6.24. The Balaban J connectivity index is 2.03. The molecule has 0 saturated heterocycles. The van der Waals surface area contributed by atoms with E-state index in [0.717, 1.165) is 31.6 Å². The molecule has 0 aliphatic heterocycles. The van der Waals surface area contributed by atoms with Crippen molar-refractivity contribution in [2.45, 2.75) is 55.2 Å². The largest absolute Gasteiger partial charge is 0.468 e. The molecule has 1 heterocycles. The molecule has 1 aromatic rings. The fourth-order valence-electron chi connectivity index (χ4n) is 2.64. The van der Waals surface area contributed by atoms with Crippen molar-refractivity contribution in [1.29, 1.82) is 5.26 Å². The highest BCUT2D eigenvalue weighted by molar-refractivity contribution is 8.00. The van der Waals surface area contributed by atoms with Gasteiger partial charge in [0.15, 0.2) is 0 Å².